The molecule has 1 aromatic heterocycles. The van der Waals surface area contributed by atoms with Gasteiger partial charge in [0, 0.05) is 38.3 Å². The number of para-hydroxylation sites is 1. The SMILES string of the molecule is CCC(=O)On1cc(C(=O)N2CCN(c3ccccc3C(C)(C)C)CC2)nc1C. The molecule has 0 radical (unpaired) electrons. The summed E-state index contributed by atoms with van der Waals surface area (Å²) in [6.45, 7) is 12.9. The molecular formula is C22H30N4O3. The van der Waals surface area contributed by atoms with Gasteiger partial charge in [-0.3, -0.25) is 4.79 Å². The molecule has 0 N–H and O–H groups in total. The monoisotopic (exact) mass is 398 g/mol. The number of imidazole rings is 1. The zero-order valence-electron chi connectivity index (χ0n) is 17.9. The first-order valence-electron chi connectivity index (χ1n) is 10.1. The predicted octanol–water partition coefficient (Wildman–Crippen LogP) is 2.82. The van der Waals surface area contributed by atoms with Crippen LogP contribution >= 0.6 is 0 Å². The summed E-state index contributed by atoms with van der Waals surface area (Å²) in [5.41, 5.74) is 2.91. The third-order valence-electron chi connectivity index (χ3n) is 5.17. The molecule has 0 spiro atoms. The van der Waals surface area contributed by atoms with Crippen LogP contribution in [0.4, 0.5) is 5.69 Å². The number of anilines is 1. The van der Waals surface area contributed by atoms with Crippen molar-refractivity contribution in [2.75, 3.05) is 31.1 Å². The van der Waals surface area contributed by atoms with Crippen molar-refractivity contribution < 1.29 is 14.4 Å². The standard InChI is InChI=1S/C22H30N4O3/c1-6-20(27)29-26-15-18(23-16(26)2)21(28)25-13-11-24(12-14-25)19-10-8-7-9-17(19)22(3,4)5/h7-10,15H,6,11-14H2,1-5H3. The number of piperazine rings is 1. The molecule has 29 heavy (non-hydrogen) atoms. The highest BCUT2D eigenvalue weighted by Crippen LogP contribution is 2.32. The molecule has 0 bridgehead atoms. The van der Waals surface area contributed by atoms with Crippen LogP contribution < -0.4 is 9.74 Å². The smallest absolute Gasteiger partial charge is 0.332 e. The molecule has 7 nitrogen and oxygen atoms in total. The van der Waals surface area contributed by atoms with Crippen molar-refractivity contribution in [1.82, 2.24) is 14.6 Å². The van der Waals surface area contributed by atoms with E-state index in [1.807, 2.05) is 4.90 Å². The Kier molecular flexibility index (Phi) is 5.96. The summed E-state index contributed by atoms with van der Waals surface area (Å²) in [6.07, 6.45) is 1.76. The lowest BCUT2D eigenvalue weighted by molar-refractivity contribution is -0.144. The fraction of sp³-hybridized carbons (Fsp3) is 0.500. The number of benzene rings is 1. The Morgan fingerprint density at radius 1 is 1.10 bits per heavy atom. The van der Waals surface area contributed by atoms with Gasteiger partial charge in [-0.15, -0.1) is 0 Å². The van der Waals surface area contributed by atoms with Crippen molar-refractivity contribution in [3.8, 4) is 0 Å². The summed E-state index contributed by atoms with van der Waals surface area (Å²) >= 11 is 0. The Bertz CT molecular complexity index is 890. The van der Waals surface area contributed by atoms with E-state index in [9.17, 15) is 9.59 Å². The number of hydrogen-bond acceptors (Lipinski definition) is 5. The summed E-state index contributed by atoms with van der Waals surface area (Å²) in [5, 5.41) is 0. The maximum absolute atomic E-state index is 12.9. The van der Waals surface area contributed by atoms with Gasteiger partial charge in [0.05, 0.1) is 6.20 Å². The number of amides is 1. The van der Waals surface area contributed by atoms with Crippen molar-refractivity contribution in [3.63, 3.8) is 0 Å². The summed E-state index contributed by atoms with van der Waals surface area (Å²) in [4.78, 5) is 38.0. The lowest BCUT2D eigenvalue weighted by atomic mass is 9.85. The quantitative estimate of drug-likeness (QED) is 0.792. The molecule has 2 aromatic rings. The minimum absolute atomic E-state index is 0.0594. The van der Waals surface area contributed by atoms with Gasteiger partial charge in [0.15, 0.2) is 0 Å². The largest absolute Gasteiger partial charge is 0.368 e. The van der Waals surface area contributed by atoms with Crippen LogP contribution in [-0.2, 0) is 10.2 Å². The van der Waals surface area contributed by atoms with E-state index >= 15 is 0 Å². The van der Waals surface area contributed by atoms with Gasteiger partial charge in [0.25, 0.3) is 5.91 Å². The van der Waals surface area contributed by atoms with Crippen molar-refractivity contribution >= 4 is 17.6 Å². The van der Waals surface area contributed by atoms with E-state index < -0.39 is 0 Å². The lowest BCUT2D eigenvalue weighted by Crippen LogP contribution is -2.49. The molecular weight excluding hydrogens is 368 g/mol. The highest BCUT2D eigenvalue weighted by Gasteiger charge is 2.27. The predicted molar refractivity (Wildman–Crippen MR) is 112 cm³/mol. The zero-order valence-corrected chi connectivity index (χ0v) is 17.9. The minimum Gasteiger partial charge on any atom is -0.368 e. The average molecular weight is 399 g/mol. The van der Waals surface area contributed by atoms with Gasteiger partial charge in [-0.05, 0) is 24.0 Å². The van der Waals surface area contributed by atoms with Gasteiger partial charge in [-0.25, -0.2) is 9.78 Å². The van der Waals surface area contributed by atoms with Gasteiger partial charge in [0.1, 0.15) is 11.5 Å². The highest BCUT2D eigenvalue weighted by molar-refractivity contribution is 5.92. The molecule has 0 atom stereocenters. The van der Waals surface area contributed by atoms with E-state index in [4.69, 9.17) is 4.84 Å². The summed E-state index contributed by atoms with van der Waals surface area (Å²) < 4.78 is 1.27. The van der Waals surface area contributed by atoms with E-state index in [0.717, 1.165) is 13.1 Å². The van der Waals surface area contributed by atoms with Crippen LogP contribution in [-0.4, -0.2) is 52.7 Å². The number of nitrogens with zero attached hydrogens (tertiary/aromatic N) is 4. The van der Waals surface area contributed by atoms with Gasteiger partial charge < -0.3 is 14.6 Å². The number of rotatable bonds is 4. The normalized spacial score (nSPS) is 14.8. The average Bonchev–Trinajstić information content (AvgIpc) is 3.07. The van der Waals surface area contributed by atoms with E-state index in [1.54, 1.807) is 13.8 Å². The molecule has 0 aliphatic carbocycles. The summed E-state index contributed by atoms with van der Waals surface area (Å²) in [6, 6.07) is 8.48. The second-order valence-corrected chi connectivity index (χ2v) is 8.36. The minimum atomic E-state index is -0.365. The second kappa shape index (κ2) is 8.27. The number of aryl methyl sites for hydroxylation is 1. The second-order valence-electron chi connectivity index (χ2n) is 8.36. The molecule has 1 aliphatic heterocycles. The van der Waals surface area contributed by atoms with Crippen molar-refractivity contribution in [3.05, 3.63) is 47.5 Å². The van der Waals surface area contributed by atoms with Crippen LogP contribution in [0.3, 0.4) is 0 Å². The molecule has 1 aliphatic rings. The fourth-order valence-corrected chi connectivity index (χ4v) is 3.52. The molecule has 3 rings (SSSR count). The molecule has 0 saturated carbocycles. The first-order chi connectivity index (χ1) is 13.7. The molecule has 0 unspecified atom stereocenters. The van der Waals surface area contributed by atoms with Crippen LogP contribution in [0.15, 0.2) is 30.5 Å². The number of hydrogen-bond donors (Lipinski definition) is 0. The molecule has 7 heteroatoms. The Hall–Kier alpha value is -2.83. The maximum Gasteiger partial charge on any atom is 0.332 e. The van der Waals surface area contributed by atoms with Gasteiger partial charge in [-0.2, -0.15) is 4.73 Å². The third-order valence-corrected chi connectivity index (χ3v) is 5.17. The fourth-order valence-electron chi connectivity index (χ4n) is 3.52. The first-order valence-corrected chi connectivity index (χ1v) is 10.1. The van der Waals surface area contributed by atoms with Crippen LogP contribution in [0, 0.1) is 6.92 Å². The third kappa shape index (κ3) is 4.60. The Balaban J connectivity index is 1.68. The first kappa shape index (κ1) is 20.9. The van der Waals surface area contributed by atoms with E-state index in [-0.39, 0.29) is 23.7 Å². The zero-order chi connectivity index (χ0) is 21.2. The summed E-state index contributed by atoms with van der Waals surface area (Å²) in [5.74, 6) is -0.0216. The Labute approximate surface area is 172 Å². The van der Waals surface area contributed by atoms with E-state index in [1.165, 1.54) is 22.2 Å². The van der Waals surface area contributed by atoms with Crippen LogP contribution in [0.5, 0.6) is 0 Å². The number of carbonyl (C=O) groups is 2. The van der Waals surface area contributed by atoms with Crippen molar-refractivity contribution in [2.45, 2.75) is 46.5 Å². The number of carbonyl (C=O) groups excluding carboxylic acids is 2. The maximum atomic E-state index is 12.9. The molecule has 1 aromatic carbocycles. The lowest BCUT2D eigenvalue weighted by Gasteiger charge is -2.38. The van der Waals surface area contributed by atoms with Crippen LogP contribution in [0.1, 0.15) is 56.0 Å². The molecule has 1 saturated heterocycles. The molecule has 2 heterocycles. The van der Waals surface area contributed by atoms with Gasteiger partial charge >= 0.3 is 5.97 Å². The van der Waals surface area contributed by atoms with E-state index in [0.29, 0.717) is 24.6 Å². The van der Waals surface area contributed by atoms with Crippen LogP contribution in [0.25, 0.3) is 0 Å². The Morgan fingerprint density at radius 3 is 2.38 bits per heavy atom. The van der Waals surface area contributed by atoms with Crippen molar-refractivity contribution in [1.29, 1.82) is 0 Å². The number of aromatic nitrogens is 2. The Morgan fingerprint density at radius 2 is 1.76 bits per heavy atom. The molecule has 1 fully saturated rings. The van der Waals surface area contributed by atoms with Gasteiger partial charge in [-0.1, -0.05) is 45.9 Å². The molecule has 156 valence electrons. The topological polar surface area (TPSA) is 67.7 Å². The highest BCUT2D eigenvalue weighted by atomic mass is 16.7. The molecule has 1 amide bonds. The van der Waals surface area contributed by atoms with Gasteiger partial charge in [0.2, 0.25) is 0 Å². The van der Waals surface area contributed by atoms with Crippen molar-refractivity contribution in [2.24, 2.45) is 0 Å². The summed E-state index contributed by atoms with van der Waals surface area (Å²) in [7, 11) is 0. The van der Waals surface area contributed by atoms with E-state index in [2.05, 4.69) is 54.9 Å². The van der Waals surface area contributed by atoms with Crippen LogP contribution in [0.2, 0.25) is 0 Å².